The summed E-state index contributed by atoms with van der Waals surface area (Å²) in [4.78, 5) is 12.8. The van der Waals surface area contributed by atoms with Gasteiger partial charge in [-0.3, -0.25) is 4.79 Å². The molecule has 0 unspecified atom stereocenters. The largest absolute Gasteiger partial charge is 0.494 e. The minimum Gasteiger partial charge on any atom is -0.494 e. The molecule has 0 radical (unpaired) electrons. The predicted octanol–water partition coefficient (Wildman–Crippen LogP) is 4.00. The maximum absolute atomic E-state index is 11.9. The molecule has 1 fully saturated rings. The molecule has 9 heteroatoms. The molecule has 1 amide bonds. The lowest BCUT2D eigenvalue weighted by molar-refractivity contribution is -0.218. The highest BCUT2D eigenvalue weighted by atomic mass is 35.5. The Morgan fingerprint density at radius 2 is 1.79 bits per heavy atom. The van der Waals surface area contributed by atoms with E-state index < -0.39 is 30.5 Å². The lowest BCUT2D eigenvalue weighted by Crippen LogP contribution is -2.54. The van der Waals surface area contributed by atoms with E-state index in [0.29, 0.717) is 34.9 Å². The van der Waals surface area contributed by atoms with Gasteiger partial charge in [-0.1, -0.05) is 41.9 Å². The maximum Gasteiger partial charge on any atom is 0.251 e. The van der Waals surface area contributed by atoms with E-state index in [0.717, 1.165) is 21.8 Å². The summed E-state index contributed by atoms with van der Waals surface area (Å²) in [5.41, 5.74) is 3.07. The number of aliphatic hydroxyl groups is 3. The second-order valence-electron chi connectivity index (χ2n) is 9.09. The number of carbonyl (C=O) groups is 1. The molecule has 0 bridgehead atoms. The van der Waals surface area contributed by atoms with Crippen molar-refractivity contribution >= 4 is 29.3 Å². The van der Waals surface area contributed by atoms with Crippen molar-refractivity contribution in [3.8, 4) is 5.75 Å². The predicted molar refractivity (Wildman–Crippen MR) is 148 cm³/mol. The van der Waals surface area contributed by atoms with Crippen LogP contribution in [0.5, 0.6) is 5.75 Å². The van der Waals surface area contributed by atoms with Crippen molar-refractivity contribution in [2.24, 2.45) is 0 Å². The van der Waals surface area contributed by atoms with Crippen LogP contribution in [0.4, 0.5) is 0 Å². The third kappa shape index (κ3) is 6.69. The number of amides is 1. The number of hydrogen-bond acceptors (Lipinski definition) is 7. The first-order valence-electron chi connectivity index (χ1n) is 12.4. The first-order valence-corrected chi connectivity index (χ1v) is 13.8. The highest BCUT2D eigenvalue weighted by Crippen LogP contribution is 2.36. The number of nitrogens with one attached hydrogen (secondary N) is 1. The zero-order valence-corrected chi connectivity index (χ0v) is 22.8. The van der Waals surface area contributed by atoms with Gasteiger partial charge in [0, 0.05) is 28.3 Å². The number of benzene rings is 3. The van der Waals surface area contributed by atoms with Gasteiger partial charge in [-0.25, -0.2) is 0 Å². The average molecular weight is 558 g/mol. The highest BCUT2D eigenvalue weighted by molar-refractivity contribution is 7.99. The monoisotopic (exact) mass is 557 g/mol. The Hall–Kier alpha value is -2.59. The molecule has 0 aromatic heterocycles. The Balaban J connectivity index is 1.49. The third-order valence-corrected chi connectivity index (χ3v) is 7.93. The smallest absolute Gasteiger partial charge is 0.251 e. The molecule has 0 aliphatic carbocycles. The molecule has 1 aliphatic heterocycles. The molecule has 1 aliphatic rings. The molecule has 202 valence electrons. The fraction of sp³-hybridized carbons (Fsp3) is 0.345. The van der Waals surface area contributed by atoms with E-state index in [1.54, 1.807) is 37.4 Å². The van der Waals surface area contributed by atoms with E-state index in [1.165, 1.54) is 11.8 Å². The van der Waals surface area contributed by atoms with Gasteiger partial charge >= 0.3 is 0 Å². The minimum absolute atomic E-state index is 0.191. The molecule has 4 rings (SSSR count). The van der Waals surface area contributed by atoms with Crippen molar-refractivity contribution in [1.29, 1.82) is 0 Å². The summed E-state index contributed by atoms with van der Waals surface area (Å²) in [6, 6.07) is 20.3. The summed E-state index contributed by atoms with van der Waals surface area (Å²) in [6.07, 6.45) is -5.02. The molecular weight excluding hydrogens is 526 g/mol. The minimum atomic E-state index is -1.39. The Morgan fingerprint density at radius 3 is 2.50 bits per heavy atom. The molecule has 3 aromatic rings. The van der Waals surface area contributed by atoms with Crippen LogP contribution in [-0.4, -0.2) is 65.1 Å². The van der Waals surface area contributed by atoms with Gasteiger partial charge in [-0.15, -0.1) is 11.8 Å². The number of rotatable bonds is 9. The van der Waals surface area contributed by atoms with Gasteiger partial charge in [0.25, 0.3) is 5.91 Å². The van der Waals surface area contributed by atoms with Crippen LogP contribution in [0.3, 0.4) is 0 Å². The van der Waals surface area contributed by atoms with Crippen molar-refractivity contribution < 1.29 is 29.6 Å². The summed E-state index contributed by atoms with van der Waals surface area (Å²) in [5.74, 6) is 0.918. The zero-order chi connectivity index (χ0) is 27.2. The van der Waals surface area contributed by atoms with Crippen molar-refractivity contribution in [3.63, 3.8) is 0 Å². The molecule has 4 N–H and O–H groups in total. The standard InChI is InChI=1S/C29H32ClNO6S/c1-3-36-21-10-7-17(8-11-21)13-20-14-18(9-12-23(20)30)28-27(34)26(33)25(32)24(37-28)16-38-22-6-4-5-19(15-22)29(35)31-2/h4-12,14-15,24-28,32-34H,3,13,16H2,1-2H3,(H,31,35)/t24-,25-,26+,27-,28+/m1/s1. The fourth-order valence-electron chi connectivity index (χ4n) is 4.41. The molecule has 38 heavy (non-hydrogen) atoms. The normalized spacial score (nSPS) is 23.2. The van der Waals surface area contributed by atoms with E-state index in [2.05, 4.69) is 5.32 Å². The summed E-state index contributed by atoms with van der Waals surface area (Å²) in [6.45, 7) is 2.53. The van der Waals surface area contributed by atoms with Crippen LogP contribution in [0.25, 0.3) is 0 Å². The van der Waals surface area contributed by atoms with Crippen LogP contribution >= 0.6 is 23.4 Å². The third-order valence-electron chi connectivity index (χ3n) is 6.48. The lowest BCUT2D eigenvalue weighted by Gasteiger charge is -2.41. The van der Waals surface area contributed by atoms with Crippen molar-refractivity contribution in [3.05, 3.63) is 94.0 Å². The number of ether oxygens (including phenoxy) is 2. The second-order valence-corrected chi connectivity index (χ2v) is 10.6. The van der Waals surface area contributed by atoms with E-state index in [9.17, 15) is 20.1 Å². The summed E-state index contributed by atoms with van der Waals surface area (Å²) in [5, 5.41) is 35.2. The van der Waals surface area contributed by atoms with Gasteiger partial charge in [-0.2, -0.15) is 0 Å². The van der Waals surface area contributed by atoms with E-state index in [4.69, 9.17) is 21.1 Å². The van der Waals surface area contributed by atoms with Crippen molar-refractivity contribution in [1.82, 2.24) is 5.32 Å². The van der Waals surface area contributed by atoms with Crippen LogP contribution in [0, 0.1) is 0 Å². The lowest BCUT2D eigenvalue weighted by atomic mass is 9.90. The number of hydrogen-bond donors (Lipinski definition) is 4. The van der Waals surface area contributed by atoms with Gasteiger partial charge in [-0.05, 0) is 66.4 Å². The Morgan fingerprint density at radius 1 is 1.03 bits per heavy atom. The van der Waals surface area contributed by atoms with Crippen molar-refractivity contribution in [2.75, 3.05) is 19.4 Å². The fourth-order valence-corrected chi connectivity index (χ4v) is 5.61. The first kappa shape index (κ1) is 28.4. The molecule has 0 saturated carbocycles. The summed E-state index contributed by atoms with van der Waals surface area (Å²) >= 11 is 7.89. The molecule has 1 heterocycles. The maximum atomic E-state index is 11.9. The number of carbonyl (C=O) groups excluding carboxylic acids is 1. The van der Waals surface area contributed by atoms with E-state index >= 15 is 0 Å². The summed E-state index contributed by atoms with van der Waals surface area (Å²) < 4.78 is 11.7. The molecule has 3 aromatic carbocycles. The first-order chi connectivity index (χ1) is 18.3. The van der Waals surface area contributed by atoms with Gasteiger partial charge in [0.1, 0.15) is 30.2 Å². The van der Waals surface area contributed by atoms with Crippen LogP contribution in [0.1, 0.15) is 40.1 Å². The molecule has 7 nitrogen and oxygen atoms in total. The number of thioether (sulfide) groups is 1. The number of halogens is 1. The van der Waals surface area contributed by atoms with Gasteiger partial charge < -0.3 is 30.1 Å². The average Bonchev–Trinajstić information content (AvgIpc) is 2.93. The van der Waals surface area contributed by atoms with E-state index in [-0.39, 0.29) is 5.91 Å². The zero-order valence-electron chi connectivity index (χ0n) is 21.2. The second kappa shape index (κ2) is 13.0. The Bertz CT molecular complexity index is 1240. The van der Waals surface area contributed by atoms with Crippen molar-refractivity contribution in [2.45, 2.75) is 48.8 Å². The van der Waals surface area contributed by atoms with E-state index in [1.807, 2.05) is 43.3 Å². The van der Waals surface area contributed by atoms with Crippen LogP contribution in [0.2, 0.25) is 5.02 Å². The molecular formula is C29H32ClNO6S. The van der Waals surface area contributed by atoms with Crippen LogP contribution < -0.4 is 10.1 Å². The van der Waals surface area contributed by atoms with Crippen LogP contribution in [0.15, 0.2) is 71.6 Å². The topological polar surface area (TPSA) is 108 Å². The molecule has 0 spiro atoms. The highest BCUT2D eigenvalue weighted by Gasteiger charge is 2.44. The SMILES string of the molecule is CCOc1ccc(Cc2cc([C@@H]3O[C@H](CSc4cccc(C(=O)NC)c4)[C@@H](O)[C@H](O)[C@H]3O)ccc2Cl)cc1. The van der Waals surface area contributed by atoms with Crippen LogP contribution in [-0.2, 0) is 11.2 Å². The van der Waals surface area contributed by atoms with Gasteiger partial charge in [0.05, 0.1) is 12.7 Å². The van der Waals surface area contributed by atoms with Gasteiger partial charge in [0.15, 0.2) is 0 Å². The van der Waals surface area contributed by atoms with Gasteiger partial charge in [0.2, 0.25) is 0 Å². The Kier molecular flexibility index (Phi) is 9.70. The molecule has 1 saturated heterocycles. The Labute approximate surface area is 231 Å². The summed E-state index contributed by atoms with van der Waals surface area (Å²) in [7, 11) is 1.57. The molecule has 5 atom stereocenters. The quantitative estimate of drug-likeness (QED) is 0.294. The number of aliphatic hydroxyl groups excluding tert-OH is 3.